The molecule has 2 aromatic carbocycles. The highest BCUT2D eigenvalue weighted by Crippen LogP contribution is 2.42. The van der Waals surface area contributed by atoms with E-state index in [9.17, 15) is 26.3 Å². The lowest BCUT2D eigenvalue weighted by Crippen LogP contribution is -2.38. The topological polar surface area (TPSA) is 0 Å². The summed E-state index contributed by atoms with van der Waals surface area (Å²) >= 11 is 0. The first kappa shape index (κ1) is 14.9. The zero-order valence-corrected chi connectivity index (χ0v) is 11.1. The van der Waals surface area contributed by atoms with E-state index in [0.717, 1.165) is 10.9 Å². The molecule has 0 N–H and O–H groups in total. The van der Waals surface area contributed by atoms with Crippen molar-refractivity contribution in [2.45, 2.75) is 18.8 Å². The number of alkyl halides is 6. The summed E-state index contributed by atoms with van der Waals surface area (Å²) in [5.74, 6) is -3.35. The van der Waals surface area contributed by atoms with Crippen molar-refractivity contribution >= 4 is 22.9 Å². The van der Waals surface area contributed by atoms with Crippen molar-refractivity contribution in [3.8, 4) is 0 Å². The summed E-state index contributed by atoms with van der Waals surface area (Å²) in [7, 11) is 0. The normalized spacial score (nSPS) is 14.3. The highest BCUT2D eigenvalue weighted by molar-refractivity contribution is 6.05. The van der Waals surface area contributed by atoms with Crippen LogP contribution >= 0.6 is 0 Å². The van der Waals surface area contributed by atoms with Gasteiger partial charge in [-0.05, 0) is 33.9 Å². The molecular weight excluding hydrogens is 306 g/mol. The van der Waals surface area contributed by atoms with Crippen LogP contribution in [-0.4, -0.2) is 12.4 Å². The second kappa shape index (κ2) is 4.76. The number of benzene rings is 2. The summed E-state index contributed by atoms with van der Waals surface area (Å²) in [6, 6.07) is 8.07. The quantitative estimate of drug-likeness (QED) is 0.539. The highest BCUT2D eigenvalue weighted by Gasteiger charge is 2.56. The van der Waals surface area contributed by atoms with Gasteiger partial charge in [-0.1, -0.05) is 42.5 Å². The molecule has 0 radical (unpaired) electrons. The predicted octanol–water partition coefficient (Wildman–Crippen LogP) is 5.61. The molecule has 1 aliphatic carbocycles. The summed E-state index contributed by atoms with van der Waals surface area (Å²) in [5, 5.41) is 1.51. The molecule has 0 saturated heterocycles. The molecule has 1 aliphatic rings. The second-order valence-corrected chi connectivity index (χ2v) is 5.30. The van der Waals surface area contributed by atoms with Gasteiger partial charge in [0.2, 0.25) is 0 Å². The number of rotatable bonds is 2. The summed E-state index contributed by atoms with van der Waals surface area (Å²) in [6.07, 6.45) is -8.23. The first-order valence-corrected chi connectivity index (χ1v) is 6.53. The van der Waals surface area contributed by atoms with Crippen molar-refractivity contribution in [2.75, 3.05) is 0 Å². The highest BCUT2D eigenvalue weighted by atomic mass is 19.4. The fourth-order valence-corrected chi connectivity index (χ4v) is 2.78. The Labute approximate surface area is 122 Å². The molecule has 0 nitrogen and oxygen atoms in total. The molecule has 0 fully saturated rings. The van der Waals surface area contributed by atoms with Gasteiger partial charge in [-0.25, -0.2) is 0 Å². The average Bonchev–Trinajstić information content (AvgIpc) is 2.79. The van der Waals surface area contributed by atoms with Gasteiger partial charge < -0.3 is 0 Å². The van der Waals surface area contributed by atoms with Gasteiger partial charge >= 0.3 is 12.4 Å². The summed E-state index contributed by atoms with van der Waals surface area (Å²) in [4.78, 5) is 0. The largest absolute Gasteiger partial charge is 0.400 e. The van der Waals surface area contributed by atoms with Crippen molar-refractivity contribution in [1.82, 2.24) is 0 Å². The molecule has 0 spiro atoms. The zero-order chi connectivity index (χ0) is 16.1. The van der Waals surface area contributed by atoms with E-state index in [1.54, 1.807) is 24.3 Å². The van der Waals surface area contributed by atoms with Gasteiger partial charge in [-0.2, -0.15) is 26.3 Å². The van der Waals surface area contributed by atoms with Crippen molar-refractivity contribution < 1.29 is 26.3 Å². The summed E-state index contributed by atoms with van der Waals surface area (Å²) in [5.41, 5.74) is 1.61. The number of hydrogen-bond donors (Lipinski definition) is 0. The van der Waals surface area contributed by atoms with Gasteiger partial charge in [-0.15, -0.1) is 0 Å². The van der Waals surface area contributed by atoms with Crippen LogP contribution in [0.25, 0.3) is 22.9 Å². The fourth-order valence-electron chi connectivity index (χ4n) is 2.78. The molecule has 3 rings (SSSR count). The van der Waals surface area contributed by atoms with Gasteiger partial charge in [0, 0.05) is 0 Å². The minimum absolute atomic E-state index is 0.0332. The van der Waals surface area contributed by atoms with E-state index in [1.165, 1.54) is 12.1 Å². The molecule has 6 heteroatoms. The third-order valence-corrected chi connectivity index (χ3v) is 3.77. The molecular formula is C16H10F6. The molecule has 0 aromatic heterocycles. The van der Waals surface area contributed by atoms with Crippen LogP contribution in [0.4, 0.5) is 26.3 Å². The lowest BCUT2D eigenvalue weighted by Gasteiger charge is -2.23. The maximum absolute atomic E-state index is 12.7. The molecule has 22 heavy (non-hydrogen) atoms. The molecule has 2 aromatic rings. The minimum atomic E-state index is -5.31. The molecule has 0 heterocycles. The number of hydrogen-bond acceptors (Lipinski definition) is 0. The molecule has 0 bridgehead atoms. The molecule has 0 aliphatic heterocycles. The zero-order valence-electron chi connectivity index (χ0n) is 11.1. The van der Waals surface area contributed by atoms with Crippen LogP contribution in [0.1, 0.15) is 16.7 Å². The van der Waals surface area contributed by atoms with E-state index in [1.807, 2.05) is 6.07 Å². The number of halogens is 6. The van der Waals surface area contributed by atoms with E-state index < -0.39 is 24.7 Å². The first-order chi connectivity index (χ1) is 10.2. The fraction of sp³-hybridized carbons (Fsp3) is 0.250. The Bertz CT molecular complexity index is 738. The Kier molecular flexibility index (Phi) is 3.23. The van der Waals surface area contributed by atoms with E-state index in [0.29, 0.717) is 10.9 Å². The van der Waals surface area contributed by atoms with Gasteiger partial charge in [-0.3, -0.25) is 0 Å². The Morgan fingerprint density at radius 3 is 2.09 bits per heavy atom. The van der Waals surface area contributed by atoms with Crippen LogP contribution in [0.3, 0.4) is 0 Å². The molecule has 0 unspecified atom stereocenters. The van der Waals surface area contributed by atoms with Crippen LogP contribution in [0.15, 0.2) is 30.3 Å². The molecule has 0 saturated carbocycles. The van der Waals surface area contributed by atoms with E-state index in [2.05, 4.69) is 0 Å². The summed E-state index contributed by atoms with van der Waals surface area (Å²) < 4.78 is 76.0. The average molecular weight is 316 g/mol. The van der Waals surface area contributed by atoms with Gasteiger partial charge in [0.15, 0.2) is 5.92 Å². The third-order valence-electron chi connectivity index (χ3n) is 3.77. The Morgan fingerprint density at radius 1 is 0.818 bits per heavy atom. The van der Waals surface area contributed by atoms with Crippen LogP contribution < -0.4 is 0 Å². The van der Waals surface area contributed by atoms with Crippen LogP contribution in [0.5, 0.6) is 0 Å². The Hall–Kier alpha value is -1.98. The van der Waals surface area contributed by atoms with E-state index >= 15 is 0 Å². The van der Waals surface area contributed by atoms with Crippen molar-refractivity contribution in [2.24, 2.45) is 5.92 Å². The van der Waals surface area contributed by atoms with Crippen molar-refractivity contribution in [3.05, 3.63) is 47.0 Å². The smallest absolute Gasteiger partial charge is 0.170 e. The van der Waals surface area contributed by atoms with Crippen molar-refractivity contribution in [1.29, 1.82) is 0 Å². The monoisotopic (exact) mass is 316 g/mol. The van der Waals surface area contributed by atoms with Gasteiger partial charge in [0.1, 0.15) is 0 Å². The van der Waals surface area contributed by atoms with Gasteiger partial charge in [0.25, 0.3) is 0 Å². The standard InChI is InChI=1S/C16H10F6/c17-15(18,19)13(16(20,21)22)8-9-6-11-3-1-2-10-4-5-12(7-9)14(10)11/h1-7,13H,8H2. The molecule has 0 amide bonds. The van der Waals surface area contributed by atoms with E-state index in [-0.39, 0.29) is 5.56 Å². The van der Waals surface area contributed by atoms with Crippen LogP contribution in [0, 0.1) is 5.92 Å². The van der Waals surface area contributed by atoms with Crippen LogP contribution in [-0.2, 0) is 6.42 Å². The predicted molar refractivity (Wildman–Crippen MR) is 72.2 cm³/mol. The molecule has 116 valence electrons. The SMILES string of the molecule is FC(F)(F)C(Cc1cc2c3c(cccc3c1)C=C2)C(F)(F)F. The summed E-state index contributed by atoms with van der Waals surface area (Å²) in [6.45, 7) is 0. The maximum atomic E-state index is 12.7. The van der Waals surface area contributed by atoms with Gasteiger partial charge in [0.05, 0.1) is 0 Å². The third kappa shape index (κ3) is 2.58. The van der Waals surface area contributed by atoms with Crippen molar-refractivity contribution in [3.63, 3.8) is 0 Å². The maximum Gasteiger partial charge on any atom is 0.400 e. The van der Waals surface area contributed by atoms with E-state index in [4.69, 9.17) is 0 Å². The van der Waals surface area contributed by atoms with Crippen LogP contribution in [0.2, 0.25) is 0 Å². The molecule has 0 atom stereocenters. The lowest BCUT2D eigenvalue weighted by atomic mass is 9.94. The second-order valence-electron chi connectivity index (χ2n) is 5.30. The minimum Gasteiger partial charge on any atom is -0.170 e. The lowest BCUT2D eigenvalue weighted by molar-refractivity contribution is -0.283. The first-order valence-electron chi connectivity index (χ1n) is 6.53. The Morgan fingerprint density at radius 2 is 1.45 bits per heavy atom. The Balaban J connectivity index is 2.03.